The van der Waals surface area contributed by atoms with Crippen LogP contribution in [0.4, 0.5) is 5.95 Å². The zero-order valence-electron chi connectivity index (χ0n) is 15.8. The Bertz CT molecular complexity index is 919. The summed E-state index contributed by atoms with van der Waals surface area (Å²) in [6, 6.07) is 5.84. The highest BCUT2D eigenvalue weighted by atomic mass is 16.5. The lowest BCUT2D eigenvalue weighted by Gasteiger charge is -2.19. The molecule has 7 nitrogen and oxygen atoms in total. The minimum atomic E-state index is 0.608. The lowest BCUT2D eigenvalue weighted by Crippen LogP contribution is -2.27. The third-order valence-electron chi connectivity index (χ3n) is 5.83. The average Bonchev–Trinajstić information content (AvgIpc) is 3.22. The minimum absolute atomic E-state index is 0.608. The van der Waals surface area contributed by atoms with E-state index in [-0.39, 0.29) is 0 Å². The monoisotopic (exact) mass is 374 g/mol. The highest BCUT2D eigenvalue weighted by molar-refractivity contribution is 5.60. The van der Waals surface area contributed by atoms with Crippen LogP contribution in [-0.2, 0) is 6.42 Å². The first-order valence-corrected chi connectivity index (χ1v) is 9.73. The predicted octanol–water partition coefficient (Wildman–Crippen LogP) is 2.65. The van der Waals surface area contributed by atoms with Gasteiger partial charge in [0.2, 0.25) is 11.8 Å². The van der Waals surface area contributed by atoms with Gasteiger partial charge in [0, 0.05) is 54.8 Å². The smallest absolute Gasteiger partial charge is 0.225 e. The molecule has 7 heteroatoms. The van der Waals surface area contributed by atoms with Crippen molar-refractivity contribution in [3.05, 3.63) is 54.7 Å². The van der Waals surface area contributed by atoms with Gasteiger partial charge in [-0.15, -0.1) is 0 Å². The molecule has 2 aliphatic rings. The summed E-state index contributed by atoms with van der Waals surface area (Å²) in [7, 11) is 0. The normalized spacial score (nSPS) is 22.8. The lowest BCUT2D eigenvalue weighted by molar-refractivity contribution is 0.273. The molecule has 142 valence electrons. The van der Waals surface area contributed by atoms with Crippen molar-refractivity contribution in [3.63, 3.8) is 0 Å². The van der Waals surface area contributed by atoms with Gasteiger partial charge in [-0.3, -0.25) is 0 Å². The van der Waals surface area contributed by atoms with E-state index in [4.69, 9.17) is 4.74 Å². The molecule has 4 heterocycles. The molecule has 1 saturated carbocycles. The van der Waals surface area contributed by atoms with E-state index in [9.17, 15) is 0 Å². The van der Waals surface area contributed by atoms with Crippen LogP contribution in [0.5, 0.6) is 5.88 Å². The van der Waals surface area contributed by atoms with Gasteiger partial charge in [0.15, 0.2) is 0 Å². The number of pyridine rings is 1. The van der Waals surface area contributed by atoms with Crippen LogP contribution in [0, 0.1) is 17.8 Å². The number of ether oxygens (including phenoxy) is 1. The molecule has 2 fully saturated rings. The standard InChI is InChI=1S/C21H22N6O/c1-2-14-7-23-21(24-8-14)27-11-17-18(12-27)19(17)13-28-20-4-3-15(9-22-20)16-5-6-25-26-10-16/h3-10,17-19H,2,11-13H2,1H3/t17-,18+,19+. The van der Waals surface area contributed by atoms with E-state index in [2.05, 4.69) is 37.0 Å². The van der Waals surface area contributed by atoms with Crippen molar-refractivity contribution in [3.8, 4) is 17.0 Å². The maximum atomic E-state index is 5.94. The van der Waals surface area contributed by atoms with Gasteiger partial charge in [-0.2, -0.15) is 10.2 Å². The SMILES string of the molecule is CCc1cnc(N2C[C@@H]3[C@@H](COc4ccc(-c5ccnnc5)cn4)[C@@H]3C2)nc1. The van der Waals surface area contributed by atoms with Crippen LogP contribution in [-0.4, -0.2) is 44.8 Å². The highest BCUT2D eigenvalue weighted by Gasteiger charge is 2.56. The summed E-state index contributed by atoms with van der Waals surface area (Å²) < 4.78 is 5.94. The fraction of sp³-hybridized carbons (Fsp3) is 0.381. The molecule has 0 N–H and O–H groups in total. The molecule has 1 aliphatic carbocycles. The van der Waals surface area contributed by atoms with Gasteiger partial charge in [-0.05, 0) is 36.0 Å². The topological polar surface area (TPSA) is 76.9 Å². The molecular weight excluding hydrogens is 352 g/mol. The summed E-state index contributed by atoms with van der Waals surface area (Å²) in [6.07, 6.45) is 10.1. The van der Waals surface area contributed by atoms with Gasteiger partial charge in [0.1, 0.15) is 0 Å². The number of rotatable bonds is 6. The summed E-state index contributed by atoms with van der Waals surface area (Å²) in [5.74, 6) is 3.49. The van der Waals surface area contributed by atoms with Gasteiger partial charge in [-0.25, -0.2) is 15.0 Å². The maximum absolute atomic E-state index is 5.94. The third-order valence-corrected chi connectivity index (χ3v) is 5.83. The first kappa shape index (κ1) is 17.0. The van der Waals surface area contributed by atoms with E-state index >= 15 is 0 Å². The Morgan fingerprint density at radius 1 is 0.929 bits per heavy atom. The molecule has 0 spiro atoms. The number of fused-ring (bicyclic) bond motifs is 1. The molecular formula is C21H22N6O. The summed E-state index contributed by atoms with van der Waals surface area (Å²) in [6.45, 7) is 4.88. The number of aromatic nitrogens is 5. The first-order valence-electron chi connectivity index (χ1n) is 9.73. The van der Waals surface area contributed by atoms with E-state index in [0.717, 1.165) is 43.2 Å². The lowest BCUT2D eigenvalue weighted by atomic mass is 10.1. The Kier molecular flexibility index (Phi) is 4.35. The van der Waals surface area contributed by atoms with E-state index in [1.165, 1.54) is 5.56 Å². The fourth-order valence-corrected chi connectivity index (χ4v) is 4.03. The third kappa shape index (κ3) is 3.28. The van der Waals surface area contributed by atoms with E-state index < -0.39 is 0 Å². The average molecular weight is 374 g/mol. The number of hydrogen-bond acceptors (Lipinski definition) is 7. The Morgan fingerprint density at radius 2 is 1.71 bits per heavy atom. The van der Waals surface area contributed by atoms with Gasteiger partial charge < -0.3 is 9.64 Å². The number of anilines is 1. The van der Waals surface area contributed by atoms with Crippen molar-refractivity contribution in [1.29, 1.82) is 0 Å². The van der Waals surface area contributed by atoms with Crippen LogP contribution in [0.1, 0.15) is 12.5 Å². The molecule has 1 aliphatic heterocycles. The van der Waals surface area contributed by atoms with Crippen molar-refractivity contribution < 1.29 is 4.74 Å². The summed E-state index contributed by atoms with van der Waals surface area (Å²) in [5.41, 5.74) is 3.19. The predicted molar refractivity (Wildman–Crippen MR) is 105 cm³/mol. The molecule has 28 heavy (non-hydrogen) atoms. The van der Waals surface area contributed by atoms with Crippen molar-refractivity contribution in [2.75, 3.05) is 24.6 Å². The van der Waals surface area contributed by atoms with Crippen LogP contribution in [0.25, 0.3) is 11.1 Å². The largest absolute Gasteiger partial charge is 0.477 e. The van der Waals surface area contributed by atoms with Crippen LogP contribution in [0.3, 0.4) is 0 Å². The molecule has 1 saturated heterocycles. The zero-order valence-corrected chi connectivity index (χ0v) is 15.8. The van der Waals surface area contributed by atoms with Gasteiger partial charge in [0.05, 0.1) is 19.0 Å². The molecule has 0 bridgehead atoms. The second-order valence-electron chi connectivity index (χ2n) is 7.47. The molecule has 3 aromatic rings. The second-order valence-corrected chi connectivity index (χ2v) is 7.47. The van der Waals surface area contributed by atoms with E-state index in [1.807, 2.05) is 36.8 Å². The molecule has 5 rings (SSSR count). The minimum Gasteiger partial charge on any atom is -0.477 e. The second kappa shape index (κ2) is 7.14. The van der Waals surface area contributed by atoms with Gasteiger partial charge in [-0.1, -0.05) is 6.92 Å². The van der Waals surface area contributed by atoms with Crippen molar-refractivity contribution in [2.24, 2.45) is 17.8 Å². The molecule has 3 aromatic heterocycles. The van der Waals surface area contributed by atoms with Crippen LogP contribution >= 0.6 is 0 Å². The Labute approximate surface area is 163 Å². The number of nitrogens with zero attached hydrogens (tertiary/aromatic N) is 6. The molecule has 0 radical (unpaired) electrons. The Balaban J connectivity index is 1.13. The Hall–Kier alpha value is -3.09. The molecule has 0 unspecified atom stereocenters. The quantitative estimate of drug-likeness (QED) is 0.656. The summed E-state index contributed by atoms with van der Waals surface area (Å²) >= 11 is 0. The van der Waals surface area contributed by atoms with Crippen LogP contribution in [0.15, 0.2) is 49.2 Å². The number of aryl methyl sites for hydroxylation is 1. The van der Waals surface area contributed by atoms with Crippen molar-refractivity contribution in [2.45, 2.75) is 13.3 Å². The fourth-order valence-electron chi connectivity index (χ4n) is 4.03. The highest BCUT2D eigenvalue weighted by Crippen LogP contribution is 2.52. The Morgan fingerprint density at radius 3 is 2.36 bits per heavy atom. The van der Waals surface area contributed by atoms with E-state index in [1.54, 1.807) is 12.4 Å². The zero-order chi connectivity index (χ0) is 18.9. The molecule has 3 atom stereocenters. The number of hydrogen-bond donors (Lipinski definition) is 0. The number of piperidine rings is 1. The molecule has 0 amide bonds. The molecule has 0 aromatic carbocycles. The maximum Gasteiger partial charge on any atom is 0.225 e. The van der Waals surface area contributed by atoms with Gasteiger partial charge in [0.25, 0.3) is 0 Å². The van der Waals surface area contributed by atoms with Crippen LogP contribution in [0.2, 0.25) is 0 Å². The summed E-state index contributed by atoms with van der Waals surface area (Å²) in [4.78, 5) is 15.7. The van der Waals surface area contributed by atoms with Gasteiger partial charge >= 0.3 is 0 Å². The van der Waals surface area contributed by atoms with Crippen molar-refractivity contribution in [1.82, 2.24) is 25.1 Å². The summed E-state index contributed by atoms with van der Waals surface area (Å²) in [5, 5.41) is 7.70. The first-order chi connectivity index (χ1) is 13.8. The van der Waals surface area contributed by atoms with E-state index in [0.29, 0.717) is 23.6 Å². The van der Waals surface area contributed by atoms with Crippen molar-refractivity contribution >= 4 is 5.95 Å². The van der Waals surface area contributed by atoms with Crippen LogP contribution < -0.4 is 9.64 Å².